The van der Waals surface area contributed by atoms with Crippen molar-refractivity contribution >= 4 is 40.1 Å². The van der Waals surface area contributed by atoms with Gasteiger partial charge < -0.3 is 25.4 Å². The third-order valence-corrected chi connectivity index (χ3v) is 6.88. The Hall–Kier alpha value is -4.74. The van der Waals surface area contributed by atoms with Crippen LogP contribution >= 0.6 is 11.6 Å². The molecule has 2 aromatic carbocycles. The number of amides is 2. The number of nitrogens with zero attached hydrogens (tertiary/aromatic N) is 3. The highest BCUT2D eigenvalue weighted by atomic mass is 35.5. The van der Waals surface area contributed by atoms with E-state index in [9.17, 15) is 19.5 Å². The van der Waals surface area contributed by atoms with Crippen molar-refractivity contribution in [3.8, 4) is 11.4 Å². The van der Waals surface area contributed by atoms with Crippen molar-refractivity contribution in [1.82, 2.24) is 29.8 Å². The molecule has 11 nitrogen and oxygen atoms in total. The molecule has 0 unspecified atom stereocenters. The summed E-state index contributed by atoms with van der Waals surface area (Å²) >= 11 is 6.03. The number of halogens is 1. The van der Waals surface area contributed by atoms with Crippen LogP contribution in [0.3, 0.4) is 0 Å². The van der Waals surface area contributed by atoms with Gasteiger partial charge in [-0.2, -0.15) is 0 Å². The number of fused-ring (bicyclic) bond motifs is 2. The first-order valence-corrected chi connectivity index (χ1v) is 12.5. The van der Waals surface area contributed by atoms with Crippen molar-refractivity contribution < 1.29 is 14.7 Å². The fraction of sp³-hybridized carbons (Fsp3) is 0.148. The third kappa shape index (κ3) is 4.58. The largest absolute Gasteiger partial charge is 0.387 e. The SMILES string of the molecule is O=C1c2cc3nc(-c4c(NC[C@@H](O)c5cccc(Cl)c5)cc[nH]c4=O)[nH]c3cc2C(=O)N1CCc1cnc[nH]1. The van der Waals surface area contributed by atoms with Gasteiger partial charge in [-0.05, 0) is 35.9 Å². The maximum absolute atomic E-state index is 13.0. The zero-order chi connectivity index (χ0) is 27.1. The minimum Gasteiger partial charge on any atom is -0.387 e. The Bertz CT molecular complexity index is 1720. The van der Waals surface area contributed by atoms with E-state index in [0.29, 0.717) is 33.7 Å². The molecule has 196 valence electrons. The Kier molecular flexibility index (Phi) is 6.21. The first kappa shape index (κ1) is 24.6. The van der Waals surface area contributed by atoms with Gasteiger partial charge in [0, 0.05) is 42.6 Å². The van der Waals surface area contributed by atoms with Crippen LogP contribution in [0, 0.1) is 0 Å². The molecule has 0 fully saturated rings. The number of carbonyl (C=O) groups excluding carboxylic acids is 2. The lowest BCUT2D eigenvalue weighted by atomic mass is 10.1. The molecule has 0 radical (unpaired) electrons. The lowest BCUT2D eigenvalue weighted by molar-refractivity contribution is 0.0656. The van der Waals surface area contributed by atoms with Crippen molar-refractivity contribution in [3.05, 3.63) is 98.9 Å². The van der Waals surface area contributed by atoms with E-state index in [-0.39, 0.29) is 41.5 Å². The van der Waals surface area contributed by atoms with Crippen LogP contribution in [0.15, 0.2) is 66.0 Å². The van der Waals surface area contributed by atoms with Gasteiger partial charge in [-0.25, -0.2) is 9.97 Å². The number of aromatic amines is 3. The topological polar surface area (TPSA) is 160 Å². The van der Waals surface area contributed by atoms with Crippen molar-refractivity contribution in [3.63, 3.8) is 0 Å². The van der Waals surface area contributed by atoms with Gasteiger partial charge in [-0.15, -0.1) is 0 Å². The van der Waals surface area contributed by atoms with E-state index in [2.05, 4.69) is 30.2 Å². The van der Waals surface area contributed by atoms with Crippen LogP contribution in [0.1, 0.15) is 38.1 Å². The number of benzene rings is 2. The fourth-order valence-electron chi connectivity index (χ4n) is 4.67. The van der Waals surface area contributed by atoms with Gasteiger partial charge in [-0.3, -0.25) is 19.3 Å². The predicted octanol–water partition coefficient (Wildman–Crippen LogP) is 3.28. The van der Waals surface area contributed by atoms with E-state index >= 15 is 0 Å². The standard InChI is InChI=1S/C27H22ClN7O4/c28-15-3-1-2-14(8-15)22(36)12-31-19-4-6-30-25(37)23(19)24-33-20-9-17-18(10-21(20)34-24)27(39)35(26(17)38)7-5-16-11-29-13-32-16/h1-4,6,8-11,13,22,36H,5,7,12H2,(H,29,32)(H,33,34)(H2,30,31,37)/t22-/m1/s1. The minimum atomic E-state index is -0.872. The molecule has 12 heteroatoms. The first-order valence-electron chi connectivity index (χ1n) is 12.2. The van der Waals surface area contributed by atoms with Crippen LogP contribution in [0.25, 0.3) is 22.4 Å². The van der Waals surface area contributed by atoms with Gasteiger partial charge in [-0.1, -0.05) is 23.7 Å². The van der Waals surface area contributed by atoms with Crippen molar-refractivity contribution in [2.45, 2.75) is 12.5 Å². The normalized spacial score (nSPS) is 13.7. The average molecular weight is 544 g/mol. The van der Waals surface area contributed by atoms with E-state index in [1.54, 1.807) is 55.0 Å². The van der Waals surface area contributed by atoms with E-state index in [1.165, 1.54) is 11.1 Å². The summed E-state index contributed by atoms with van der Waals surface area (Å²) in [6, 6.07) is 11.7. The Morgan fingerprint density at radius 3 is 2.64 bits per heavy atom. The molecule has 0 bridgehead atoms. The maximum Gasteiger partial charge on any atom is 0.261 e. The van der Waals surface area contributed by atoms with Crippen molar-refractivity contribution in [2.75, 3.05) is 18.4 Å². The number of nitrogens with one attached hydrogen (secondary N) is 4. The first-order chi connectivity index (χ1) is 18.9. The highest BCUT2D eigenvalue weighted by Crippen LogP contribution is 2.30. The van der Waals surface area contributed by atoms with Gasteiger partial charge in [0.2, 0.25) is 0 Å². The number of aliphatic hydroxyl groups excluding tert-OH is 1. The van der Waals surface area contributed by atoms with Crippen LogP contribution in [0.5, 0.6) is 0 Å². The molecule has 1 aliphatic rings. The van der Waals surface area contributed by atoms with Gasteiger partial charge in [0.1, 0.15) is 11.4 Å². The summed E-state index contributed by atoms with van der Waals surface area (Å²) in [7, 11) is 0. The highest BCUT2D eigenvalue weighted by Gasteiger charge is 2.36. The molecule has 6 rings (SSSR count). The smallest absolute Gasteiger partial charge is 0.261 e. The monoisotopic (exact) mass is 543 g/mol. The Balaban J connectivity index is 1.27. The number of carbonyl (C=O) groups is 2. The molecule has 0 spiro atoms. The number of H-pyrrole nitrogens is 3. The second kappa shape index (κ2) is 9.86. The molecule has 3 aromatic heterocycles. The van der Waals surface area contributed by atoms with E-state index in [1.807, 2.05) is 0 Å². The lowest BCUT2D eigenvalue weighted by Crippen LogP contribution is -2.31. The summed E-state index contributed by atoms with van der Waals surface area (Å²) in [6.45, 7) is 0.333. The van der Waals surface area contributed by atoms with Gasteiger partial charge in [0.05, 0.1) is 40.3 Å². The molecular weight excluding hydrogens is 522 g/mol. The van der Waals surface area contributed by atoms with Crippen LogP contribution in [0.2, 0.25) is 5.02 Å². The molecular formula is C27H22ClN7O4. The van der Waals surface area contributed by atoms with Crippen molar-refractivity contribution in [2.24, 2.45) is 0 Å². The summed E-state index contributed by atoms with van der Waals surface area (Å²) < 4.78 is 0. The molecule has 1 aliphatic heterocycles. The zero-order valence-electron chi connectivity index (χ0n) is 20.4. The second-order valence-corrected chi connectivity index (χ2v) is 9.57. The average Bonchev–Trinajstić information content (AvgIpc) is 3.64. The van der Waals surface area contributed by atoms with Gasteiger partial charge >= 0.3 is 0 Å². The molecule has 0 aliphatic carbocycles. The molecule has 4 heterocycles. The second-order valence-electron chi connectivity index (χ2n) is 9.14. The maximum atomic E-state index is 13.0. The number of pyridine rings is 1. The van der Waals surface area contributed by atoms with Gasteiger partial charge in [0.15, 0.2) is 0 Å². The summed E-state index contributed by atoms with van der Waals surface area (Å²) in [6.07, 6.45) is 4.28. The summed E-state index contributed by atoms with van der Waals surface area (Å²) in [5, 5.41) is 14.2. The number of hydrogen-bond acceptors (Lipinski definition) is 7. The predicted molar refractivity (Wildman–Crippen MR) is 145 cm³/mol. The summed E-state index contributed by atoms with van der Waals surface area (Å²) in [5.41, 5.74) is 3.21. The number of aliphatic hydroxyl groups is 1. The molecule has 0 saturated carbocycles. The van der Waals surface area contributed by atoms with Crippen LogP contribution in [-0.4, -0.2) is 59.8 Å². The Morgan fingerprint density at radius 2 is 1.87 bits per heavy atom. The number of aromatic nitrogens is 5. The third-order valence-electron chi connectivity index (χ3n) is 6.65. The van der Waals surface area contributed by atoms with Gasteiger partial charge in [0.25, 0.3) is 17.4 Å². The number of anilines is 1. The zero-order valence-corrected chi connectivity index (χ0v) is 21.1. The Labute approximate surface area is 225 Å². The Morgan fingerprint density at radius 1 is 1.05 bits per heavy atom. The number of imide groups is 1. The number of rotatable bonds is 8. The number of imidazole rings is 2. The van der Waals surface area contributed by atoms with Crippen LogP contribution in [-0.2, 0) is 6.42 Å². The molecule has 0 saturated heterocycles. The van der Waals surface area contributed by atoms with Crippen LogP contribution < -0.4 is 10.9 Å². The molecule has 5 aromatic rings. The van der Waals surface area contributed by atoms with Crippen LogP contribution in [0.4, 0.5) is 5.69 Å². The quantitative estimate of drug-likeness (QED) is 0.188. The molecule has 39 heavy (non-hydrogen) atoms. The van der Waals surface area contributed by atoms with E-state index in [0.717, 1.165) is 5.69 Å². The minimum absolute atomic E-state index is 0.114. The number of hydrogen-bond donors (Lipinski definition) is 5. The van der Waals surface area contributed by atoms with Crippen molar-refractivity contribution in [1.29, 1.82) is 0 Å². The van der Waals surface area contributed by atoms with E-state index in [4.69, 9.17) is 11.6 Å². The fourth-order valence-corrected chi connectivity index (χ4v) is 4.87. The summed E-state index contributed by atoms with van der Waals surface area (Å²) in [5.74, 6) is -0.523. The molecule has 1 atom stereocenters. The highest BCUT2D eigenvalue weighted by molar-refractivity contribution is 6.30. The lowest BCUT2D eigenvalue weighted by Gasteiger charge is -2.15. The molecule has 2 amide bonds. The molecule has 5 N–H and O–H groups in total. The van der Waals surface area contributed by atoms with E-state index < -0.39 is 17.6 Å². The summed E-state index contributed by atoms with van der Waals surface area (Å²) in [4.78, 5) is 57.3.